The Morgan fingerprint density at radius 3 is 2.92 bits per heavy atom. The van der Waals surface area contributed by atoms with E-state index in [4.69, 9.17) is 5.73 Å². The maximum absolute atomic E-state index is 12.9. The molecule has 2 rings (SSSR count). The van der Waals surface area contributed by atoms with E-state index in [0.717, 1.165) is 17.7 Å². The van der Waals surface area contributed by atoms with Crippen molar-refractivity contribution in [3.8, 4) is 0 Å². The molecule has 2 atom stereocenters. The fraction of sp³-hybridized carbons (Fsp3) is 0.400. The largest absolute Gasteiger partial charge is 0.327 e. The lowest BCUT2D eigenvalue weighted by atomic mass is 10.1. The van der Waals surface area contributed by atoms with Gasteiger partial charge < -0.3 is 5.73 Å². The lowest BCUT2D eigenvalue weighted by Crippen LogP contribution is -2.17. The Morgan fingerprint density at radius 2 is 2.31 bits per heavy atom. The Bertz CT molecular complexity index is 303. The number of benzene rings is 1. The zero-order chi connectivity index (χ0) is 9.26. The van der Waals surface area contributed by atoms with Crippen molar-refractivity contribution < 1.29 is 4.39 Å². The zero-order valence-electron chi connectivity index (χ0n) is 7.24. The zero-order valence-corrected chi connectivity index (χ0v) is 8.06. The molecule has 1 fully saturated rings. The smallest absolute Gasteiger partial charge is 0.123 e. The van der Waals surface area contributed by atoms with E-state index in [2.05, 4.69) is 0 Å². The minimum Gasteiger partial charge on any atom is -0.327 e. The topological polar surface area (TPSA) is 26.0 Å². The molecule has 0 spiro atoms. The normalized spacial score (nSPS) is 27.8. The summed E-state index contributed by atoms with van der Waals surface area (Å²) < 4.78 is 12.9. The third kappa shape index (κ3) is 2.03. The first-order chi connectivity index (χ1) is 6.25. The van der Waals surface area contributed by atoms with Crippen molar-refractivity contribution >= 4 is 11.8 Å². The van der Waals surface area contributed by atoms with Crippen molar-refractivity contribution in [3.63, 3.8) is 0 Å². The van der Waals surface area contributed by atoms with Crippen molar-refractivity contribution in [1.29, 1.82) is 0 Å². The number of hydrogen-bond donors (Lipinski definition) is 1. The van der Waals surface area contributed by atoms with Crippen LogP contribution in [0, 0.1) is 5.82 Å². The quantitative estimate of drug-likeness (QED) is 0.747. The Morgan fingerprint density at radius 1 is 1.46 bits per heavy atom. The predicted molar refractivity (Wildman–Crippen MR) is 54.2 cm³/mol. The summed E-state index contributed by atoms with van der Waals surface area (Å²) in [6.45, 7) is 0. The van der Waals surface area contributed by atoms with Crippen molar-refractivity contribution in [2.24, 2.45) is 5.73 Å². The van der Waals surface area contributed by atoms with Gasteiger partial charge in [0.25, 0.3) is 0 Å². The highest BCUT2D eigenvalue weighted by Gasteiger charge is 2.23. The first kappa shape index (κ1) is 9.03. The second kappa shape index (κ2) is 3.68. The van der Waals surface area contributed by atoms with Gasteiger partial charge in [-0.2, -0.15) is 11.8 Å². The Balaban J connectivity index is 2.16. The van der Waals surface area contributed by atoms with Gasteiger partial charge in [-0.15, -0.1) is 0 Å². The molecule has 2 unspecified atom stereocenters. The summed E-state index contributed by atoms with van der Waals surface area (Å²) in [6.07, 6.45) is 0.966. The molecule has 1 aliphatic rings. The number of thioether (sulfide) groups is 1. The van der Waals surface area contributed by atoms with Gasteiger partial charge in [-0.3, -0.25) is 0 Å². The fourth-order valence-corrected chi connectivity index (χ4v) is 2.93. The molecular weight excluding hydrogens is 185 g/mol. The Hall–Kier alpha value is -0.540. The average molecular weight is 197 g/mol. The molecule has 1 aliphatic heterocycles. The van der Waals surface area contributed by atoms with E-state index in [1.807, 2.05) is 17.8 Å². The minimum atomic E-state index is -0.154. The lowest BCUT2D eigenvalue weighted by molar-refractivity contribution is 0.622. The molecule has 1 saturated heterocycles. The van der Waals surface area contributed by atoms with Crippen LogP contribution in [-0.2, 0) is 0 Å². The van der Waals surface area contributed by atoms with Gasteiger partial charge in [0.15, 0.2) is 0 Å². The molecule has 1 aromatic carbocycles. The van der Waals surface area contributed by atoms with Gasteiger partial charge in [-0.1, -0.05) is 12.1 Å². The molecule has 1 aromatic rings. The predicted octanol–water partition coefficient (Wildman–Crippen LogP) is 2.33. The third-order valence-electron chi connectivity index (χ3n) is 2.25. The van der Waals surface area contributed by atoms with Crippen LogP contribution in [0.1, 0.15) is 17.2 Å². The molecule has 2 N–H and O–H groups in total. The van der Waals surface area contributed by atoms with Crippen LogP contribution in [0.3, 0.4) is 0 Å². The molecule has 0 aliphatic carbocycles. The second-order valence-corrected chi connectivity index (χ2v) is 4.61. The monoisotopic (exact) mass is 197 g/mol. The van der Waals surface area contributed by atoms with Crippen LogP contribution in [-0.4, -0.2) is 11.8 Å². The van der Waals surface area contributed by atoms with E-state index in [-0.39, 0.29) is 11.9 Å². The molecule has 0 amide bonds. The van der Waals surface area contributed by atoms with E-state index >= 15 is 0 Å². The average Bonchev–Trinajstić information content (AvgIpc) is 2.52. The SMILES string of the molecule is NC1CSC(c2cccc(F)c2)C1. The number of rotatable bonds is 1. The first-order valence-electron chi connectivity index (χ1n) is 4.38. The summed E-state index contributed by atoms with van der Waals surface area (Å²) in [4.78, 5) is 0. The number of halogens is 1. The highest BCUT2D eigenvalue weighted by atomic mass is 32.2. The molecule has 0 radical (unpaired) electrons. The maximum atomic E-state index is 12.9. The highest BCUT2D eigenvalue weighted by molar-refractivity contribution is 7.99. The highest BCUT2D eigenvalue weighted by Crippen LogP contribution is 2.39. The van der Waals surface area contributed by atoms with Crippen LogP contribution >= 0.6 is 11.8 Å². The van der Waals surface area contributed by atoms with Gasteiger partial charge in [-0.25, -0.2) is 4.39 Å². The van der Waals surface area contributed by atoms with Gasteiger partial charge in [0, 0.05) is 17.0 Å². The van der Waals surface area contributed by atoms with Crippen molar-refractivity contribution in [1.82, 2.24) is 0 Å². The first-order valence-corrected chi connectivity index (χ1v) is 5.43. The summed E-state index contributed by atoms with van der Waals surface area (Å²) in [5.74, 6) is 0.833. The van der Waals surface area contributed by atoms with E-state index in [1.54, 1.807) is 12.1 Å². The Labute approximate surface area is 81.5 Å². The number of nitrogens with two attached hydrogens (primary N) is 1. The lowest BCUT2D eigenvalue weighted by Gasteiger charge is -2.08. The standard InChI is InChI=1S/C10H12FNS/c11-8-3-1-2-7(4-8)10-5-9(12)6-13-10/h1-4,9-10H,5-6,12H2. The van der Waals surface area contributed by atoms with E-state index in [9.17, 15) is 4.39 Å². The van der Waals surface area contributed by atoms with Crippen LogP contribution in [0.15, 0.2) is 24.3 Å². The van der Waals surface area contributed by atoms with Gasteiger partial charge in [0.05, 0.1) is 0 Å². The summed E-state index contributed by atoms with van der Waals surface area (Å²) in [7, 11) is 0. The van der Waals surface area contributed by atoms with Crippen molar-refractivity contribution in [2.75, 3.05) is 5.75 Å². The minimum absolute atomic E-state index is 0.154. The van der Waals surface area contributed by atoms with Crippen LogP contribution in [0.5, 0.6) is 0 Å². The van der Waals surface area contributed by atoms with Gasteiger partial charge in [0.1, 0.15) is 5.82 Å². The van der Waals surface area contributed by atoms with E-state index < -0.39 is 0 Å². The van der Waals surface area contributed by atoms with Crippen LogP contribution in [0.4, 0.5) is 4.39 Å². The van der Waals surface area contributed by atoms with Crippen molar-refractivity contribution in [3.05, 3.63) is 35.6 Å². The second-order valence-electron chi connectivity index (χ2n) is 3.37. The molecular formula is C10H12FNS. The van der Waals surface area contributed by atoms with E-state index in [1.165, 1.54) is 6.07 Å². The summed E-state index contributed by atoms with van der Waals surface area (Å²) in [6, 6.07) is 7.09. The summed E-state index contributed by atoms with van der Waals surface area (Å²) in [5.41, 5.74) is 6.85. The molecule has 0 aromatic heterocycles. The summed E-state index contributed by atoms with van der Waals surface area (Å²) >= 11 is 1.82. The van der Waals surface area contributed by atoms with Gasteiger partial charge >= 0.3 is 0 Å². The molecule has 1 nitrogen and oxygen atoms in total. The fourth-order valence-electron chi connectivity index (χ4n) is 1.59. The maximum Gasteiger partial charge on any atom is 0.123 e. The van der Waals surface area contributed by atoms with Gasteiger partial charge in [-0.05, 0) is 24.1 Å². The molecule has 0 saturated carbocycles. The third-order valence-corrected chi connectivity index (χ3v) is 3.74. The van der Waals surface area contributed by atoms with Crippen LogP contribution in [0.25, 0.3) is 0 Å². The van der Waals surface area contributed by atoms with Crippen molar-refractivity contribution in [2.45, 2.75) is 17.7 Å². The van der Waals surface area contributed by atoms with Crippen LogP contribution < -0.4 is 5.73 Å². The molecule has 13 heavy (non-hydrogen) atoms. The molecule has 0 bridgehead atoms. The number of hydrogen-bond acceptors (Lipinski definition) is 2. The van der Waals surface area contributed by atoms with E-state index in [0.29, 0.717) is 5.25 Å². The summed E-state index contributed by atoms with van der Waals surface area (Å²) in [5, 5.41) is 0.394. The molecule has 1 heterocycles. The molecule has 3 heteroatoms. The molecule has 70 valence electrons. The van der Waals surface area contributed by atoms with Crippen LogP contribution in [0.2, 0.25) is 0 Å². The Kier molecular flexibility index (Phi) is 2.56. The van der Waals surface area contributed by atoms with Gasteiger partial charge in [0.2, 0.25) is 0 Å².